The zero-order valence-corrected chi connectivity index (χ0v) is 16.8. The maximum atomic E-state index is 12.4. The topological polar surface area (TPSA) is 81.4 Å². The Morgan fingerprint density at radius 1 is 1.13 bits per heavy atom. The van der Waals surface area contributed by atoms with E-state index in [4.69, 9.17) is 16.0 Å². The van der Waals surface area contributed by atoms with Gasteiger partial charge in [0, 0.05) is 26.1 Å². The molecule has 0 saturated carbocycles. The van der Waals surface area contributed by atoms with Crippen LogP contribution >= 0.6 is 0 Å². The molecule has 150 valence electrons. The maximum absolute atomic E-state index is 12.4. The summed E-state index contributed by atoms with van der Waals surface area (Å²) < 4.78 is 7.46. The van der Waals surface area contributed by atoms with E-state index in [1.54, 1.807) is 19.2 Å². The van der Waals surface area contributed by atoms with Gasteiger partial charge in [0.1, 0.15) is 5.52 Å². The molecule has 0 unspecified atom stereocenters. The molecular weight excluding hydrogens is 380 g/mol. The third kappa shape index (κ3) is 2.99. The number of rotatable bonds is 2. The lowest BCUT2D eigenvalue weighted by Gasteiger charge is -2.31. The Balaban J connectivity index is 1.45. The molecule has 8 heteroatoms. The van der Waals surface area contributed by atoms with Crippen LogP contribution in [0.25, 0.3) is 27.0 Å². The van der Waals surface area contributed by atoms with E-state index in [1.807, 2.05) is 25.1 Å². The molecule has 30 heavy (non-hydrogen) atoms. The summed E-state index contributed by atoms with van der Waals surface area (Å²) in [5.41, 5.74) is 3.80. The van der Waals surface area contributed by atoms with Gasteiger partial charge in [-0.2, -0.15) is 4.98 Å². The van der Waals surface area contributed by atoms with Gasteiger partial charge in [0.05, 0.1) is 5.52 Å². The van der Waals surface area contributed by atoms with Crippen molar-refractivity contribution in [1.29, 1.82) is 0 Å². The molecule has 1 fully saturated rings. The standard InChI is InChI=1S/C22H20N6O2/c1-13-4-6-17-15(12-13)24-21(30-17)14-8-10-28(11-9-14)20-19-16(27(3)22(29)26-20)5-7-18(23-2)25-19/h4-7,12,14H,8-11H2,1,3H3. The van der Waals surface area contributed by atoms with Crippen LogP contribution < -0.4 is 10.6 Å². The van der Waals surface area contributed by atoms with Crippen LogP contribution in [0.5, 0.6) is 0 Å². The summed E-state index contributed by atoms with van der Waals surface area (Å²) in [7, 11) is 1.67. The highest BCUT2D eigenvalue weighted by molar-refractivity contribution is 5.87. The zero-order valence-electron chi connectivity index (χ0n) is 16.8. The van der Waals surface area contributed by atoms with Crippen LogP contribution in [0.2, 0.25) is 0 Å². The lowest BCUT2D eigenvalue weighted by atomic mass is 9.96. The summed E-state index contributed by atoms with van der Waals surface area (Å²) in [5, 5.41) is 0. The number of anilines is 1. The molecule has 1 aromatic carbocycles. The highest BCUT2D eigenvalue weighted by Gasteiger charge is 2.28. The van der Waals surface area contributed by atoms with Crippen LogP contribution in [-0.2, 0) is 7.05 Å². The third-order valence-corrected chi connectivity index (χ3v) is 5.74. The first-order valence-corrected chi connectivity index (χ1v) is 9.91. The van der Waals surface area contributed by atoms with E-state index in [0.29, 0.717) is 35.8 Å². The lowest BCUT2D eigenvalue weighted by molar-refractivity contribution is 0.406. The number of benzene rings is 1. The molecule has 0 amide bonds. The number of aryl methyl sites for hydroxylation is 2. The van der Waals surface area contributed by atoms with E-state index in [1.165, 1.54) is 4.57 Å². The monoisotopic (exact) mass is 400 g/mol. The Morgan fingerprint density at radius 3 is 2.70 bits per heavy atom. The van der Waals surface area contributed by atoms with E-state index in [2.05, 4.69) is 19.7 Å². The minimum atomic E-state index is -0.327. The molecule has 3 aromatic heterocycles. The van der Waals surface area contributed by atoms with Gasteiger partial charge in [0.15, 0.2) is 17.3 Å². The van der Waals surface area contributed by atoms with Gasteiger partial charge in [-0.1, -0.05) is 12.6 Å². The fourth-order valence-electron chi connectivity index (χ4n) is 4.05. The van der Waals surface area contributed by atoms with Crippen molar-refractivity contribution in [2.45, 2.75) is 25.7 Å². The first-order chi connectivity index (χ1) is 14.5. The van der Waals surface area contributed by atoms with E-state index >= 15 is 0 Å². The van der Waals surface area contributed by atoms with E-state index in [0.717, 1.165) is 35.4 Å². The summed E-state index contributed by atoms with van der Waals surface area (Å²) in [6.45, 7) is 10.7. The minimum absolute atomic E-state index is 0.221. The Bertz CT molecular complexity index is 1370. The van der Waals surface area contributed by atoms with E-state index in [-0.39, 0.29) is 11.6 Å². The van der Waals surface area contributed by atoms with E-state index in [9.17, 15) is 4.79 Å². The fourth-order valence-corrected chi connectivity index (χ4v) is 4.05. The van der Waals surface area contributed by atoms with Crippen LogP contribution in [0.4, 0.5) is 11.6 Å². The predicted molar refractivity (Wildman–Crippen MR) is 114 cm³/mol. The summed E-state index contributed by atoms with van der Waals surface area (Å²) in [6, 6.07) is 9.41. The fraction of sp³-hybridized carbons (Fsp3) is 0.318. The molecule has 0 spiro atoms. The van der Waals surface area contributed by atoms with E-state index < -0.39 is 0 Å². The van der Waals surface area contributed by atoms with Gasteiger partial charge in [-0.15, -0.1) is 4.98 Å². The van der Waals surface area contributed by atoms with Gasteiger partial charge in [0.25, 0.3) is 5.82 Å². The normalized spacial score (nSPS) is 15.0. The van der Waals surface area contributed by atoms with Crippen molar-refractivity contribution in [3.05, 3.63) is 63.7 Å². The second-order valence-electron chi connectivity index (χ2n) is 7.71. The van der Waals surface area contributed by atoms with Crippen LogP contribution in [0.15, 0.2) is 39.5 Å². The molecule has 4 heterocycles. The van der Waals surface area contributed by atoms with Crippen LogP contribution in [0, 0.1) is 13.5 Å². The number of aromatic nitrogens is 4. The van der Waals surface area contributed by atoms with Crippen molar-refractivity contribution >= 4 is 33.8 Å². The average molecular weight is 400 g/mol. The molecule has 1 aliphatic rings. The Kier molecular flexibility index (Phi) is 4.24. The predicted octanol–water partition coefficient (Wildman–Crippen LogP) is 3.71. The molecule has 0 bridgehead atoms. The summed E-state index contributed by atoms with van der Waals surface area (Å²) in [6.07, 6.45) is 1.68. The molecule has 0 N–H and O–H groups in total. The summed E-state index contributed by atoms with van der Waals surface area (Å²) >= 11 is 0. The first-order valence-electron chi connectivity index (χ1n) is 9.91. The second-order valence-corrected chi connectivity index (χ2v) is 7.71. The van der Waals surface area contributed by atoms with Crippen molar-refractivity contribution in [1.82, 2.24) is 19.5 Å². The molecule has 0 radical (unpaired) electrons. The smallest absolute Gasteiger partial charge is 0.350 e. The van der Waals surface area contributed by atoms with Gasteiger partial charge in [-0.25, -0.2) is 9.78 Å². The SMILES string of the molecule is [C-]#[N+]c1ccc2c(n1)c(N1CCC(c3nc4cc(C)ccc4o3)CC1)nc(=O)n2C. The highest BCUT2D eigenvalue weighted by Crippen LogP contribution is 2.33. The van der Waals surface area contributed by atoms with Crippen LogP contribution in [0.1, 0.15) is 30.2 Å². The molecule has 1 aliphatic heterocycles. The lowest BCUT2D eigenvalue weighted by Crippen LogP contribution is -2.36. The Labute approximate surface area is 172 Å². The van der Waals surface area contributed by atoms with Crippen molar-refractivity contribution in [3.63, 3.8) is 0 Å². The molecule has 0 atom stereocenters. The van der Waals surface area contributed by atoms with Gasteiger partial charge < -0.3 is 14.2 Å². The Morgan fingerprint density at radius 2 is 1.93 bits per heavy atom. The molecule has 1 saturated heterocycles. The number of fused-ring (bicyclic) bond motifs is 2. The number of pyridine rings is 1. The van der Waals surface area contributed by atoms with Gasteiger partial charge in [0.2, 0.25) is 5.52 Å². The molecule has 5 rings (SSSR count). The number of hydrogen-bond acceptors (Lipinski definition) is 6. The van der Waals surface area contributed by atoms with Crippen molar-refractivity contribution in [3.8, 4) is 0 Å². The molecule has 0 aliphatic carbocycles. The summed E-state index contributed by atoms with van der Waals surface area (Å²) in [5.74, 6) is 1.83. The quantitative estimate of drug-likeness (QED) is 0.477. The van der Waals surface area contributed by atoms with Crippen molar-refractivity contribution < 1.29 is 4.42 Å². The Hall–Kier alpha value is -3.73. The summed E-state index contributed by atoms with van der Waals surface area (Å²) in [4.78, 5) is 31.3. The highest BCUT2D eigenvalue weighted by atomic mass is 16.3. The van der Waals surface area contributed by atoms with Gasteiger partial charge >= 0.3 is 5.69 Å². The average Bonchev–Trinajstić information content (AvgIpc) is 3.19. The van der Waals surface area contributed by atoms with Crippen LogP contribution in [0.3, 0.4) is 0 Å². The zero-order chi connectivity index (χ0) is 20.8. The van der Waals surface area contributed by atoms with Crippen molar-refractivity contribution in [2.75, 3.05) is 18.0 Å². The molecular formula is C22H20N6O2. The minimum Gasteiger partial charge on any atom is -0.440 e. The maximum Gasteiger partial charge on any atom is 0.350 e. The van der Waals surface area contributed by atoms with Crippen LogP contribution in [-0.4, -0.2) is 32.6 Å². The van der Waals surface area contributed by atoms with Crippen molar-refractivity contribution in [2.24, 2.45) is 7.05 Å². The van der Waals surface area contributed by atoms with Gasteiger partial charge in [-0.05, 0) is 49.6 Å². The second kappa shape index (κ2) is 6.95. The molecule has 8 nitrogen and oxygen atoms in total. The number of piperidine rings is 1. The molecule has 4 aromatic rings. The number of oxazole rings is 1. The number of nitrogens with zero attached hydrogens (tertiary/aromatic N) is 6. The largest absolute Gasteiger partial charge is 0.440 e. The van der Waals surface area contributed by atoms with Gasteiger partial charge in [-0.3, -0.25) is 4.57 Å². The first kappa shape index (κ1) is 18.3. The third-order valence-electron chi connectivity index (χ3n) is 5.74. The number of hydrogen-bond donors (Lipinski definition) is 0.